The van der Waals surface area contributed by atoms with Crippen molar-refractivity contribution in [1.82, 2.24) is 4.90 Å². The molecule has 6 heteroatoms. The molecule has 0 radical (unpaired) electrons. The van der Waals surface area contributed by atoms with Gasteiger partial charge < -0.3 is 10.0 Å². The molecule has 0 saturated carbocycles. The van der Waals surface area contributed by atoms with E-state index >= 15 is 0 Å². The van der Waals surface area contributed by atoms with E-state index in [-0.39, 0.29) is 12.5 Å². The van der Waals surface area contributed by atoms with E-state index in [1.165, 1.54) is 0 Å². The fourth-order valence-corrected chi connectivity index (χ4v) is 3.49. The first-order chi connectivity index (χ1) is 11.9. The molecule has 0 spiro atoms. The number of rotatable bonds is 3. The smallest absolute Gasteiger partial charge is 0.312 e. The van der Waals surface area contributed by atoms with Crippen molar-refractivity contribution in [3.8, 4) is 0 Å². The van der Waals surface area contributed by atoms with Crippen LogP contribution in [0.25, 0.3) is 0 Å². The number of halogens is 2. The Kier molecular flexibility index (Phi) is 5.02. The number of nitrogens with zero attached hydrogens (tertiary/aromatic N) is 1. The van der Waals surface area contributed by atoms with Gasteiger partial charge in [-0.25, -0.2) is 0 Å². The summed E-state index contributed by atoms with van der Waals surface area (Å²) in [5, 5.41) is 10.4. The maximum absolute atomic E-state index is 12.9. The van der Waals surface area contributed by atoms with Gasteiger partial charge in [0.15, 0.2) is 0 Å². The Morgan fingerprint density at radius 2 is 1.88 bits per heavy atom. The van der Waals surface area contributed by atoms with Crippen LogP contribution in [0.2, 0.25) is 10.0 Å². The van der Waals surface area contributed by atoms with Crippen molar-refractivity contribution in [2.45, 2.75) is 25.3 Å². The molecule has 2 atom stereocenters. The summed E-state index contributed by atoms with van der Waals surface area (Å²) in [5.74, 6) is -2.20. The predicted octanol–water partition coefficient (Wildman–Crippen LogP) is 4.31. The normalized spacial score (nSPS) is 17.7. The van der Waals surface area contributed by atoms with Crippen LogP contribution in [0.5, 0.6) is 0 Å². The highest BCUT2D eigenvalue weighted by Gasteiger charge is 2.34. The van der Waals surface area contributed by atoms with E-state index in [4.69, 9.17) is 23.2 Å². The number of carbonyl (C=O) groups excluding carboxylic acids is 1. The van der Waals surface area contributed by atoms with Gasteiger partial charge in [-0.2, -0.15) is 0 Å². The lowest BCUT2D eigenvalue weighted by Crippen LogP contribution is -2.42. The van der Waals surface area contributed by atoms with Gasteiger partial charge in [-0.3, -0.25) is 9.59 Å². The maximum Gasteiger partial charge on any atom is 0.312 e. The third-order valence-corrected chi connectivity index (χ3v) is 5.36. The maximum atomic E-state index is 12.9. The first-order valence-corrected chi connectivity index (χ1v) is 8.68. The number of carboxylic acids is 1. The lowest BCUT2D eigenvalue weighted by atomic mass is 9.88. The standard InChI is InChI=1S/C19H17Cl2NO3/c1-11(12-6-7-16(20)17(21)8-12)18(23)22-9-13-4-2-3-5-14(13)15(10-22)19(24)25/h2-8,11,15H,9-10H2,1H3,(H,24,25). The molecular weight excluding hydrogens is 361 g/mol. The number of carboxylic acid groups (broad SMARTS) is 1. The van der Waals surface area contributed by atoms with Crippen LogP contribution < -0.4 is 0 Å². The van der Waals surface area contributed by atoms with E-state index in [1.54, 1.807) is 30.0 Å². The molecule has 1 aliphatic rings. The molecule has 1 N–H and O–H groups in total. The largest absolute Gasteiger partial charge is 0.481 e. The first-order valence-electron chi connectivity index (χ1n) is 7.93. The van der Waals surface area contributed by atoms with Gasteiger partial charge in [0.1, 0.15) is 0 Å². The van der Waals surface area contributed by atoms with E-state index in [0.717, 1.165) is 16.7 Å². The number of fused-ring (bicyclic) bond motifs is 1. The molecule has 2 aromatic carbocycles. The van der Waals surface area contributed by atoms with E-state index in [1.807, 2.05) is 24.3 Å². The van der Waals surface area contributed by atoms with E-state index in [0.29, 0.717) is 16.6 Å². The number of aliphatic carboxylic acids is 1. The Labute approximate surface area is 156 Å². The quantitative estimate of drug-likeness (QED) is 0.866. The summed E-state index contributed by atoms with van der Waals surface area (Å²) >= 11 is 12.0. The average Bonchev–Trinajstić information content (AvgIpc) is 2.61. The van der Waals surface area contributed by atoms with Crippen molar-refractivity contribution in [3.63, 3.8) is 0 Å². The molecule has 3 rings (SSSR count). The minimum Gasteiger partial charge on any atom is -0.481 e. The summed E-state index contributed by atoms with van der Waals surface area (Å²) in [6.07, 6.45) is 0. The second kappa shape index (κ2) is 7.06. The SMILES string of the molecule is CC(C(=O)N1Cc2ccccc2C(C(=O)O)C1)c1ccc(Cl)c(Cl)c1. The monoisotopic (exact) mass is 377 g/mol. The van der Waals surface area contributed by atoms with Crippen LogP contribution in [0.3, 0.4) is 0 Å². The molecule has 0 fully saturated rings. The zero-order valence-electron chi connectivity index (χ0n) is 13.6. The van der Waals surface area contributed by atoms with Crippen molar-refractivity contribution >= 4 is 35.1 Å². The van der Waals surface area contributed by atoms with E-state index in [2.05, 4.69) is 0 Å². The van der Waals surface area contributed by atoms with E-state index in [9.17, 15) is 14.7 Å². The summed E-state index contributed by atoms with van der Waals surface area (Å²) in [4.78, 5) is 26.2. The molecular formula is C19H17Cl2NO3. The Morgan fingerprint density at radius 1 is 1.16 bits per heavy atom. The van der Waals surface area contributed by atoms with Gasteiger partial charge in [0.05, 0.1) is 21.9 Å². The molecule has 1 aliphatic heterocycles. The van der Waals surface area contributed by atoms with Crippen LogP contribution in [0.15, 0.2) is 42.5 Å². The van der Waals surface area contributed by atoms with Crippen molar-refractivity contribution in [3.05, 3.63) is 69.2 Å². The average molecular weight is 378 g/mol. The highest BCUT2D eigenvalue weighted by molar-refractivity contribution is 6.42. The topological polar surface area (TPSA) is 57.6 Å². The third-order valence-electron chi connectivity index (χ3n) is 4.62. The highest BCUT2D eigenvalue weighted by atomic mass is 35.5. The second-order valence-corrected chi connectivity index (χ2v) is 7.02. The van der Waals surface area contributed by atoms with Crippen molar-refractivity contribution < 1.29 is 14.7 Å². The minimum atomic E-state index is -0.924. The molecule has 0 bridgehead atoms. The lowest BCUT2D eigenvalue weighted by Gasteiger charge is -2.34. The van der Waals surface area contributed by atoms with Gasteiger partial charge in [-0.15, -0.1) is 0 Å². The molecule has 2 unspecified atom stereocenters. The fraction of sp³-hybridized carbons (Fsp3) is 0.263. The fourth-order valence-electron chi connectivity index (χ4n) is 3.18. The Morgan fingerprint density at radius 3 is 2.56 bits per heavy atom. The Bertz CT molecular complexity index is 837. The molecule has 0 aliphatic carbocycles. The minimum absolute atomic E-state index is 0.126. The Balaban J connectivity index is 1.87. The third kappa shape index (κ3) is 3.51. The summed E-state index contributed by atoms with van der Waals surface area (Å²) in [6.45, 7) is 2.36. The van der Waals surface area contributed by atoms with Gasteiger partial charge >= 0.3 is 5.97 Å². The zero-order valence-corrected chi connectivity index (χ0v) is 15.1. The van der Waals surface area contributed by atoms with Crippen LogP contribution in [-0.4, -0.2) is 28.4 Å². The molecule has 25 heavy (non-hydrogen) atoms. The molecule has 0 saturated heterocycles. The van der Waals surface area contributed by atoms with Crippen LogP contribution >= 0.6 is 23.2 Å². The summed E-state index contributed by atoms with van der Waals surface area (Å²) in [5.41, 5.74) is 2.40. The summed E-state index contributed by atoms with van der Waals surface area (Å²) in [6, 6.07) is 12.5. The molecule has 130 valence electrons. The predicted molar refractivity (Wildman–Crippen MR) is 97.1 cm³/mol. The highest BCUT2D eigenvalue weighted by Crippen LogP contribution is 2.32. The van der Waals surface area contributed by atoms with E-state index < -0.39 is 17.8 Å². The van der Waals surface area contributed by atoms with Crippen molar-refractivity contribution in [2.75, 3.05) is 6.54 Å². The Hall–Kier alpha value is -2.04. The number of carbonyl (C=O) groups is 2. The van der Waals surface area contributed by atoms with Crippen LogP contribution in [0, 0.1) is 0 Å². The molecule has 4 nitrogen and oxygen atoms in total. The van der Waals surface area contributed by atoms with Crippen LogP contribution in [0.1, 0.15) is 35.4 Å². The molecule has 1 amide bonds. The molecule has 2 aromatic rings. The number of benzene rings is 2. The number of hydrogen-bond acceptors (Lipinski definition) is 2. The van der Waals surface area contributed by atoms with Gasteiger partial charge in [0.25, 0.3) is 0 Å². The lowest BCUT2D eigenvalue weighted by molar-refractivity contribution is -0.141. The van der Waals surface area contributed by atoms with Crippen LogP contribution in [-0.2, 0) is 16.1 Å². The number of hydrogen-bond donors (Lipinski definition) is 1. The van der Waals surface area contributed by atoms with Crippen LogP contribution in [0.4, 0.5) is 0 Å². The zero-order chi connectivity index (χ0) is 18.1. The number of amides is 1. The van der Waals surface area contributed by atoms with Crippen molar-refractivity contribution in [1.29, 1.82) is 0 Å². The molecule has 1 heterocycles. The summed E-state index contributed by atoms with van der Waals surface area (Å²) in [7, 11) is 0. The van der Waals surface area contributed by atoms with Gasteiger partial charge in [0.2, 0.25) is 5.91 Å². The second-order valence-electron chi connectivity index (χ2n) is 6.20. The molecule has 0 aromatic heterocycles. The van der Waals surface area contributed by atoms with Crippen molar-refractivity contribution in [2.24, 2.45) is 0 Å². The van der Waals surface area contributed by atoms with Gasteiger partial charge in [-0.05, 0) is 35.7 Å². The van der Waals surface area contributed by atoms with Gasteiger partial charge in [0, 0.05) is 13.1 Å². The first kappa shape index (κ1) is 17.8. The van der Waals surface area contributed by atoms with Gasteiger partial charge in [-0.1, -0.05) is 53.5 Å². The summed E-state index contributed by atoms with van der Waals surface area (Å²) < 4.78 is 0.